The first-order valence-corrected chi connectivity index (χ1v) is 1.15. The van der Waals surface area contributed by atoms with E-state index in [1.807, 2.05) is 20.3 Å². The summed E-state index contributed by atoms with van der Waals surface area (Å²) >= 11 is 0. The molecule has 0 aromatic carbocycles. The Hall–Kier alpha value is 1.19. The maximum Gasteiger partial charge on any atom is 0 e. The molecular formula is C4H10La-2. The molecule has 0 aliphatic heterocycles. The molecule has 0 nitrogen and oxygen atoms in total. The largest absolute Gasteiger partial charge is 0.358 e. The van der Waals surface area contributed by atoms with Crippen LogP contribution in [-0.2, 0) is 0 Å². The first-order valence-electron chi connectivity index (χ1n) is 1.15. The second-order valence-electron chi connectivity index (χ2n) is 0.577. The monoisotopic (exact) mass is 197 g/mol. The summed E-state index contributed by atoms with van der Waals surface area (Å²) in [7, 11) is 0. The Morgan fingerprint density at radius 3 is 1.20 bits per heavy atom. The van der Waals surface area contributed by atoms with Gasteiger partial charge in [0.1, 0.15) is 0 Å². The maximum absolute atomic E-state index is 2.00. The van der Waals surface area contributed by atoms with E-state index in [2.05, 4.69) is 0 Å². The van der Waals surface area contributed by atoms with Gasteiger partial charge >= 0.3 is 0 Å². The summed E-state index contributed by atoms with van der Waals surface area (Å²) in [5.74, 6) is 0. The average Bonchev–Trinajstić information content (AvgIpc) is 0.918. The van der Waals surface area contributed by atoms with Crippen molar-refractivity contribution in [3.05, 3.63) is 13.8 Å². The zero-order valence-electron chi connectivity index (χ0n) is 4.15. The van der Waals surface area contributed by atoms with Crippen molar-refractivity contribution in [3.8, 4) is 0 Å². The predicted octanol–water partition coefficient (Wildman–Crippen LogP) is 1.68. The molecule has 0 saturated heterocycles. The molecule has 0 spiro atoms. The molecular weight excluding hydrogens is 187 g/mol. The van der Waals surface area contributed by atoms with E-state index >= 15 is 0 Å². The van der Waals surface area contributed by atoms with Crippen LogP contribution >= 0.6 is 0 Å². The Morgan fingerprint density at radius 2 is 1.20 bits per heavy atom. The van der Waals surface area contributed by atoms with Crippen LogP contribution < -0.4 is 0 Å². The molecule has 0 saturated carbocycles. The zero-order chi connectivity index (χ0) is 2.71. The van der Waals surface area contributed by atoms with E-state index in [-0.39, 0.29) is 43.0 Å². The molecule has 0 aliphatic carbocycles. The molecule has 0 amide bonds. The normalized spacial score (nSPS) is 3.60. The Bertz CT molecular complexity index is 3.61. The molecule has 0 aliphatic rings. The van der Waals surface area contributed by atoms with E-state index in [1.54, 1.807) is 0 Å². The van der Waals surface area contributed by atoms with Crippen molar-refractivity contribution in [1.82, 2.24) is 0 Å². The van der Waals surface area contributed by atoms with Gasteiger partial charge in [0.2, 0.25) is 0 Å². The number of rotatable bonds is 0. The molecule has 0 heterocycles. The van der Waals surface area contributed by atoms with E-state index < -0.39 is 0 Å². The molecule has 5 heavy (non-hydrogen) atoms. The molecule has 1 heteroatoms. The van der Waals surface area contributed by atoms with Crippen LogP contribution in [0.15, 0.2) is 0 Å². The molecule has 31 valence electrons. The van der Waals surface area contributed by atoms with Gasteiger partial charge in [-0.15, -0.1) is 0 Å². The molecule has 0 fully saturated rings. The van der Waals surface area contributed by atoms with Gasteiger partial charge < -0.3 is 13.8 Å². The van der Waals surface area contributed by atoms with Crippen LogP contribution in [0.4, 0.5) is 0 Å². The number of hydrogen-bond acceptors (Lipinski definition) is 0. The Morgan fingerprint density at radius 1 is 1.20 bits per heavy atom. The molecule has 0 aromatic heterocycles. The number of hydrogen-bond donors (Lipinski definition) is 0. The van der Waals surface area contributed by atoms with E-state index in [1.165, 1.54) is 0 Å². The van der Waals surface area contributed by atoms with Crippen LogP contribution in [0.25, 0.3) is 0 Å². The summed E-state index contributed by atoms with van der Waals surface area (Å²) in [5.41, 5.74) is 0. The minimum atomic E-state index is 0. The van der Waals surface area contributed by atoms with Crippen LogP contribution in [0.3, 0.4) is 0 Å². The molecule has 0 rings (SSSR count). The summed E-state index contributed by atoms with van der Waals surface area (Å²) in [6.45, 7) is 4.00. The molecule has 0 atom stereocenters. The molecule has 1 radical (unpaired) electrons. The standard InChI is InChI=1S/C3H7.CH3.La/c1-3-2;;/h3H,1-2H3;1H3;/q2*-1;. The third-order valence-electron chi connectivity index (χ3n) is 0. The van der Waals surface area contributed by atoms with Crippen molar-refractivity contribution in [1.29, 1.82) is 0 Å². The van der Waals surface area contributed by atoms with E-state index in [0.29, 0.717) is 0 Å². The van der Waals surface area contributed by atoms with Gasteiger partial charge in [-0.05, 0) is 0 Å². The van der Waals surface area contributed by atoms with Crippen LogP contribution in [0.2, 0.25) is 0 Å². The fourth-order valence-electron chi connectivity index (χ4n) is 0. The fraction of sp³-hybridized carbons (Fsp3) is 0.500. The fourth-order valence-corrected chi connectivity index (χ4v) is 0. The zero-order valence-corrected chi connectivity index (χ0v) is 7.78. The van der Waals surface area contributed by atoms with Gasteiger partial charge in [0, 0.05) is 35.6 Å². The third-order valence-corrected chi connectivity index (χ3v) is 0. The Balaban J connectivity index is -0.0000000200. The Kier molecular flexibility index (Phi) is 62.2. The van der Waals surface area contributed by atoms with Gasteiger partial charge in [-0.2, -0.15) is 13.8 Å². The van der Waals surface area contributed by atoms with Gasteiger partial charge in [-0.25, -0.2) is 0 Å². The SMILES string of the molecule is C[CH-]C.[CH3-].[La]. The predicted molar refractivity (Wildman–Crippen MR) is 22.1 cm³/mol. The van der Waals surface area contributed by atoms with Gasteiger partial charge in [-0.1, -0.05) is 0 Å². The summed E-state index contributed by atoms with van der Waals surface area (Å²) in [6, 6.07) is 0. The minimum Gasteiger partial charge on any atom is -0.358 e. The van der Waals surface area contributed by atoms with Gasteiger partial charge in [0.25, 0.3) is 0 Å². The molecule has 0 aromatic rings. The molecule has 0 N–H and O–H groups in total. The second-order valence-corrected chi connectivity index (χ2v) is 0.577. The smallest absolute Gasteiger partial charge is 0 e. The average molecular weight is 197 g/mol. The van der Waals surface area contributed by atoms with E-state index in [4.69, 9.17) is 0 Å². The van der Waals surface area contributed by atoms with Crippen molar-refractivity contribution >= 4 is 0 Å². The molecule has 0 bridgehead atoms. The van der Waals surface area contributed by atoms with Crippen LogP contribution in [0, 0.1) is 49.4 Å². The van der Waals surface area contributed by atoms with Crippen molar-refractivity contribution < 1.29 is 35.6 Å². The van der Waals surface area contributed by atoms with E-state index in [9.17, 15) is 0 Å². The first kappa shape index (κ1) is 16.4. The summed E-state index contributed by atoms with van der Waals surface area (Å²) in [5, 5.41) is 0. The summed E-state index contributed by atoms with van der Waals surface area (Å²) in [6.07, 6.45) is 2.00. The van der Waals surface area contributed by atoms with E-state index in [0.717, 1.165) is 0 Å². The van der Waals surface area contributed by atoms with Crippen LogP contribution in [-0.4, -0.2) is 0 Å². The van der Waals surface area contributed by atoms with Crippen molar-refractivity contribution in [2.45, 2.75) is 13.8 Å². The minimum absolute atomic E-state index is 0. The molecule has 0 unspecified atom stereocenters. The summed E-state index contributed by atoms with van der Waals surface area (Å²) < 4.78 is 0. The van der Waals surface area contributed by atoms with Crippen molar-refractivity contribution in [2.75, 3.05) is 0 Å². The first-order chi connectivity index (χ1) is 1.41. The van der Waals surface area contributed by atoms with Crippen molar-refractivity contribution in [2.24, 2.45) is 0 Å². The van der Waals surface area contributed by atoms with Gasteiger partial charge in [-0.3, -0.25) is 0 Å². The Labute approximate surface area is 62.9 Å². The van der Waals surface area contributed by atoms with Crippen LogP contribution in [0.1, 0.15) is 13.8 Å². The quantitative estimate of drug-likeness (QED) is 0.518. The second kappa shape index (κ2) is 19.0. The van der Waals surface area contributed by atoms with Gasteiger partial charge in [0.15, 0.2) is 0 Å². The maximum atomic E-state index is 2.00. The van der Waals surface area contributed by atoms with Gasteiger partial charge in [0.05, 0.1) is 0 Å². The van der Waals surface area contributed by atoms with Crippen molar-refractivity contribution in [3.63, 3.8) is 0 Å². The summed E-state index contributed by atoms with van der Waals surface area (Å²) in [4.78, 5) is 0. The van der Waals surface area contributed by atoms with Crippen LogP contribution in [0.5, 0.6) is 0 Å². The third kappa shape index (κ3) is 37.1. The topological polar surface area (TPSA) is 0 Å².